The fraction of sp³-hybridized carbons (Fsp3) is 0.500. The number of thiocarbonyl (C=S) groups is 1. The van der Waals surface area contributed by atoms with E-state index in [1.807, 2.05) is 6.92 Å². The summed E-state index contributed by atoms with van der Waals surface area (Å²) in [5.41, 5.74) is 7.11. The van der Waals surface area contributed by atoms with E-state index in [1.165, 1.54) is 4.31 Å². The van der Waals surface area contributed by atoms with Gasteiger partial charge in [0.05, 0.1) is 17.1 Å². The largest absolute Gasteiger partial charge is 0.389 e. The van der Waals surface area contributed by atoms with Gasteiger partial charge in [-0.1, -0.05) is 18.3 Å². The van der Waals surface area contributed by atoms with Gasteiger partial charge >= 0.3 is 0 Å². The predicted molar refractivity (Wildman–Crippen MR) is 83.7 cm³/mol. The quantitative estimate of drug-likeness (QED) is 0.845. The van der Waals surface area contributed by atoms with Gasteiger partial charge in [0.2, 0.25) is 10.0 Å². The minimum Gasteiger partial charge on any atom is -0.389 e. The zero-order valence-corrected chi connectivity index (χ0v) is 13.4. The van der Waals surface area contributed by atoms with E-state index in [0.29, 0.717) is 23.5 Å². The highest BCUT2D eigenvalue weighted by Crippen LogP contribution is 2.30. The van der Waals surface area contributed by atoms with Gasteiger partial charge in [-0.3, -0.25) is 0 Å². The van der Waals surface area contributed by atoms with E-state index in [1.54, 1.807) is 18.2 Å². The van der Waals surface area contributed by atoms with Crippen LogP contribution in [-0.4, -0.2) is 43.0 Å². The van der Waals surface area contributed by atoms with Crippen molar-refractivity contribution in [3.63, 3.8) is 0 Å². The number of aryl methyl sites for hydroxylation is 1. The van der Waals surface area contributed by atoms with Crippen LogP contribution in [0.3, 0.4) is 0 Å². The molecule has 2 N–H and O–H groups in total. The lowest BCUT2D eigenvalue weighted by Gasteiger charge is -2.31. The molecule has 2 aliphatic rings. The Hall–Kier alpha value is -1.02. The maximum Gasteiger partial charge on any atom is 0.243 e. The third kappa shape index (κ3) is 2.70. The maximum atomic E-state index is 12.7. The van der Waals surface area contributed by atoms with E-state index < -0.39 is 10.0 Å². The highest BCUT2D eigenvalue weighted by atomic mass is 32.2. The number of morpholine rings is 1. The summed E-state index contributed by atoms with van der Waals surface area (Å²) < 4.78 is 32.7. The van der Waals surface area contributed by atoms with Crippen LogP contribution in [0.25, 0.3) is 0 Å². The molecule has 0 aliphatic carbocycles. The summed E-state index contributed by atoms with van der Waals surface area (Å²) in [6.07, 6.45) is 1.96. The average molecular weight is 326 g/mol. The molecule has 1 aromatic rings. The van der Waals surface area contributed by atoms with Crippen LogP contribution in [0, 0.1) is 6.92 Å². The van der Waals surface area contributed by atoms with Crippen molar-refractivity contribution in [3.05, 3.63) is 29.3 Å². The molecule has 0 aromatic heterocycles. The molecule has 2 heterocycles. The van der Waals surface area contributed by atoms with Gasteiger partial charge in [-0.25, -0.2) is 8.42 Å². The molecular weight excluding hydrogens is 308 g/mol. The average Bonchev–Trinajstić information content (AvgIpc) is 2.76. The molecule has 2 atom stereocenters. The molecule has 2 unspecified atom stereocenters. The second kappa shape index (κ2) is 5.31. The number of hydrogen-bond acceptors (Lipinski definition) is 4. The minimum absolute atomic E-state index is 0.0375. The van der Waals surface area contributed by atoms with E-state index in [0.717, 1.165) is 18.4 Å². The zero-order chi connectivity index (χ0) is 15.2. The first kappa shape index (κ1) is 14.9. The van der Waals surface area contributed by atoms with Crippen molar-refractivity contribution < 1.29 is 13.2 Å². The third-order valence-corrected chi connectivity index (χ3v) is 6.16. The third-order valence-electron chi connectivity index (χ3n) is 4.11. The lowest BCUT2D eigenvalue weighted by atomic mass is 10.1. The summed E-state index contributed by atoms with van der Waals surface area (Å²) in [7, 11) is -3.48. The molecular formula is C14H18N2O3S2. The van der Waals surface area contributed by atoms with Crippen molar-refractivity contribution in [3.8, 4) is 0 Å². The Labute approximate surface area is 130 Å². The summed E-state index contributed by atoms with van der Waals surface area (Å²) in [6.45, 7) is 2.69. The van der Waals surface area contributed by atoms with Crippen LogP contribution in [0.2, 0.25) is 0 Å². The fourth-order valence-corrected chi connectivity index (χ4v) is 4.81. The van der Waals surface area contributed by atoms with Gasteiger partial charge in [-0.05, 0) is 37.5 Å². The van der Waals surface area contributed by atoms with Crippen LogP contribution in [0.1, 0.15) is 24.0 Å². The molecule has 21 heavy (non-hydrogen) atoms. The van der Waals surface area contributed by atoms with Crippen LogP contribution in [-0.2, 0) is 14.8 Å². The first-order valence-electron chi connectivity index (χ1n) is 6.94. The summed E-state index contributed by atoms with van der Waals surface area (Å²) in [6, 6.07) is 4.90. The molecule has 2 saturated heterocycles. The highest BCUT2D eigenvalue weighted by molar-refractivity contribution is 7.89. The molecule has 2 fully saturated rings. The molecule has 0 saturated carbocycles. The van der Waals surface area contributed by atoms with E-state index in [2.05, 4.69) is 0 Å². The Morgan fingerprint density at radius 2 is 1.95 bits per heavy atom. The number of nitrogens with zero attached hydrogens (tertiary/aromatic N) is 1. The van der Waals surface area contributed by atoms with Crippen LogP contribution >= 0.6 is 12.2 Å². The number of fused-ring (bicyclic) bond motifs is 2. The molecule has 1 aromatic carbocycles. The molecule has 2 aliphatic heterocycles. The van der Waals surface area contributed by atoms with Gasteiger partial charge in [0.25, 0.3) is 0 Å². The smallest absolute Gasteiger partial charge is 0.243 e. The monoisotopic (exact) mass is 326 g/mol. The van der Waals surface area contributed by atoms with Crippen molar-refractivity contribution in [2.45, 2.75) is 36.9 Å². The number of hydrogen-bond donors (Lipinski definition) is 1. The maximum absolute atomic E-state index is 12.7. The van der Waals surface area contributed by atoms with E-state index >= 15 is 0 Å². The van der Waals surface area contributed by atoms with E-state index in [-0.39, 0.29) is 17.2 Å². The normalized spacial score (nSPS) is 26.0. The Bertz CT molecular complexity index is 675. The lowest BCUT2D eigenvalue weighted by molar-refractivity contribution is -0.0114. The van der Waals surface area contributed by atoms with E-state index in [9.17, 15) is 8.42 Å². The van der Waals surface area contributed by atoms with Gasteiger partial charge in [0.1, 0.15) is 4.99 Å². The van der Waals surface area contributed by atoms with Crippen LogP contribution in [0.5, 0.6) is 0 Å². The summed E-state index contributed by atoms with van der Waals surface area (Å²) in [5.74, 6) is 0. The molecule has 5 nitrogen and oxygen atoms in total. The van der Waals surface area contributed by atoms with Crippen molar-refractivity contribution in [2.75, 3.05) is 13.1 Å². The minimum atomic E-state index is -3.48. The summed E-state index contributed by atoms with van der Waals surface area (Å²) in [5, 5.41) is 0. The molecule has 0 amide bonds. The molecule has 2 bridgehead atoms. The second-order valence-electron chi connectivity index (χ2n) is 5.62. The number of benzene rings is 1. The fourth-order valence-electron chi connectivity index (χ4n) is 3.00. The Morgan fingerprint density at radius 1 is 1.33 bits per heavy atom. The summed E-state index contributed by atoms with van der Waals surface area (Å²) >= 11 is 4.95. The van der Waals surface area contributed by atoms with Crippen LogP contribution < -0.4 is 5.73 Å². The predicted octanol–water partition coefficient (Wildman–Crippen LogP) is 1.18. The van der Waals surface area contributed by atoms with Crippen molar-refractivity contribution in [1.82, 2.24) is 4.31 Å². The van der Waals surface area contributed by atoms with Gasteiger partial charge in [-0.2, -0.15) is 4.31 Å². The van der Waals surface area contributed by atoms with Gasteiger partial charge in [0, 0.05) is 18.7 Å². The van der Waals surface area contributed by atoms with Crippen LogP contribution in [0.4, 0.5) is 0 Å². The zero-order valence-electron chi connectivity index (χ0n) is 11.8. The standard InChI is InChI=1S/C14H18N2O3S2/c1-9-6-12(4-5-13(9)14(15)20)21(17,18)16-7-10-2-3-11(8-16)19-10/h4-6,10-11H,2-3,7-8H2,1H3,(H2,15,20). The Morgan fingerprint density at radius 3 is 2.48 bits per heavy atom. The molecule has 0 radical (unpaired) electrons. The first-order chi connectivity index (χ1) is 9.88. The number of rotatable bonds is 3. The molecule has 0 spiro atoms. The lowest BCUT2D eigenvalue weighted by Crippen LogP contribution is -2.45. The SMILES string of the molecule is Cc1cc(S(=O)(=O)N2CC3CCC(C2)O3)ccc1C(N)=S. The molecule has 3 rings (SSSR count). The van der Waals surface area contributed by atoms with Gasteiger partial charge in [0.15, 0.2) is 0 Å². The van der Waals surface area contributed by atoms with Crippen molar-refractivity contribution in [1.29, 1.82) is 0 Å². The van der Waals surface area contributed by atoms with Crippen LogP contribution in [0.15, 0.2) is 23.1 Å². The number of ether oxygens (including phenoxy) is 1. The second-order valence-corrected chi connectivity index (χ2v) is 8.00. The molecule has 7 heteroatoms. The topological polar surface area (TPSA) is 72.6 Å². The van der Waals surface area contributed by atoms with Crippen molar-refractivity contribution >= 4 is 27.2 Å². The molecule has 114 valence electrons. The van der Waals surface area contributed by atoms with Crippen molar-refractivity contribution in [2.24, 2.45) is 5.73 Å². The number of sulfonamides is 1. The summed E-state index contributed by atoms with van der Waals surface area (Å²) in [4.78, 5) is 0.571. The van der Waals surface area contributed by atoms with Gasteiger partial charge in [-0.15, -0.1) is 0 Å². The number of nitrogens with two attached hydrogens (primary N) is 1. The van der Waals surface area contributed by atoms with Gasteiger partial charge < -0.3 is 10.5 Å². The highest BCUT2D eigenvalue weighted by Gasteiger charge is 2.39. The Balaban J connectivity index is 1.91. The first-order valence-corrected chi connectivity index (χ1v) is 8.79. The Kier molecular flexibility index (Phi) is 3.77. The van der Waals surface area contributed by atoms with E-state index in [4.69, 9.17) is 22.7 Å².